The number of ether oxygens (including phenoxy) is 4. The van der Waals surface area contributed by atoms with Crippen LogP contribution in [-0.2, 0) is 15.0 Å². The first-order chi connectivity index (χ1) is 49.4. The number of hydrogen-bond donors (Lipinski definition) is 4. The molecule has 0 saturated heterocycles. The third-order valence-corrected chi connectivity index (χ3v) is 11.4. The van der Waals surface area contributed by atoms with Crippen LogP contribution < -0.4 is 127 Å². The molecule has 526 valence electrons. The Labute approximate surface area is 736 Å². The standard InChI is InChI=1S/C28H6.C9H9FO3.C9H9FO2.C8H7BrO3.C8H7FO2.C7H7Br.C7H5FO3.CH2O3.BBr3.2K.H2.H/c1-3-5-7-9-11-13-15-17-19-21-23-25-27-28-26-24-22-20-18-16-14-12-10-8-6-4-2;1-12-8-3-6(5-11)7(10)4-9(8)13-2;1-6-3-8(10)7(5-11)4-9(6)12-2;1-12-8-2-5(4-10)6(9)3-7(8)11;1-5-2-7(9)6(4-10)3-8(5)11;8-6-7-4-2-1-3-5-7;8-5-2-7(11)6(10)1-4(5)3-9;2-1-4-3;2-1(3)4;;;;/h1-2H3;3-5H,1-2H3;3-5H,1-2H3;2-4,11H,1H3;2-4,11H,1H3;1-5H,6H2;1-3,10-11H;1,3H;;;;1H;/q;;;;;;;;;2*+1;;-1/p-1. The minimum Gasteiger partial charge on any atom is -1.00 e. The summed E-state index contributed by atoms with van der Waals surface area (Å²) >= 11 is 15.8. The molecule has 0 atom stereocenters. The van der Waals surface area contributed by atoms with Crippen LogP contribution in [0.3, 0.4) is 0 Å². The summed E-state index contributed by atoms with van der Waals surface area (Å²) in [5.41, 5.74) is 2.47. The Morgan fingerprint density at radius 3 is 1.01 bits per heavy atom. The predicted octanol–water partition coefficient (Wildman–Crippen LogP) is 6.90. The number of rotatable bonds is 11. The van der Waals surface area contributed by atoms with Crippen molar-refractivity contribution < 1.29 is 201 Å². The maximum absolute atomic E-state index is 13.0. The van der Waals surface area contributed by atoms with Gasteiger partial charge in [-0.2, -0.15) is 0 Å². The van der Waals surface area contributed by atoms with Gasteiger partial charge in [0.05, 0.1) is 50.7 Å². The average Bonchev–Trinajstić information content (AvgIpc) is 0.899. The normalized spacial score (nSPS) is 7.56. The molecule has 4 N–H and O–H groups in total. The zero-order valence-electron chi connectivity index (χ0n) is 58.0. The minimum atomic E-state index is -0.852. The van der Waals surface area contributed by atoms with Crippen molar-refractivity contribution in [2.24, 2.45) is 0 Å². The fourth-order valence-electron chi connectivity index (χ4n) is 5.56. The van der Waals surface area contributed by atoms with Crippen molar-refractivity contribution in [3.63, 3.8) is 0 Å². The summed E-state index contributed by atoms with van der Waals surface area (Å²) in [6, 6.07) is 22.0. The molecule has 0 aliphatic carbocycles. The van der Waals surface area contributed by atoms with Crippen LogP contribution in [0.25, 0.3) is 0 Å². The predicted molar refractivity (Wildman–Crippen MR) is 403 cm³/mol. The van der Waals surface area contributed by atoms with E-state index in [-0.39, 0.29) is 161 Å². The van der Waals surface area contributed by atoms with Crippen molar-refractivity contribution in [2.75, 3.05) is 28.4 Å². The Morgan fingerprint density at radius 2 is 0.695 bits per heavy atom. The van der Waals surface area contributed by atoms with Crippen LogP contribution in [0.4, 0.5) is 17.6 Å². The van der Waals surface area contributed by atoms with E-state index < -0.39 is 34.8 Å². The van der Waals surface area contributed by atoms with Crippen LogP contribution in [0.15, 0.2) is 95.5 Å². The first kappa shape index (κ1) is 105. The number of carbonyl (C=O) groups is 6. The van der Waals surface area contributed by atoms with Crippen molar-refractivity contribution in [1.29, 1.82) is 0 Å². The van der Waals surface area contributed by atoms with Crippen LogP contribution in [0.1, 0.15) is 85.2 Å². The van der Waals surface area contributed by atoms with Gasteiger partial charge < -0.3 is 50.9 Å². The molecule has 6 aromatic rings. The second kappa shape index (κ2) is 69.6. The molecule has 0 bridgehead atoms. The number of phenolic OH excluding ortho intramolecular Hbond substituents is 4. The topological polar surface area (TPSA) is 253 Å². The zero-order chi connectivity index (χ0) is 78.2. The van der Waals surface area contributed by atoms with Crippen LogP contribution in [-0.4, -0.2) is 90.0 Å². The zero-order valence-corrected chi connectivity index (χ0v) is 71.2. The van der Waals surface area contributed by atoms with Gasteiger partial charge in [0.1, 0.15) is 34.8 Å². The first-order valence-electron chi connectivity index (χ1n) is 27.3. The number of benzene rings is 6. The van der Waals surface area contributed by atoms with E-state index in [4.69, 9.17) is 44.3 Å². The van der Waals surface area contributed by atoms with E-state index in [1.165, 1.54) is 64.3 Å². The smallest absolute Gasteiger partial charge is 1.00 e. The number of phenols is 4. The van der Waals surface area contributed by atoms with Crippen molar-refractivity contribution in [1.82, 2.24) is 0 Å². The Morgan fingerprint density at radius 1 is 0.419 bits per heavy atom. The van der Waals surface area contributed by atoms with E-state index in [0.29, 0.717) is 69.6 Å². The third-order valence-electron chi connectivity index (χ3n) is 10.1. The summed E-state index contributed by atoms with van der Waals surface area (Å²) in [6.45, 7) is 6.49. The number of methoxy groups -OCH3 is 4. The van der Waals surface area contributed by atoms with E-state index >= 15 is 0 Å². The Balaban J connectivity index is -0.000000220. The molecule has 16 nitrogen and oxygen atoms in total. The van der Waals surface area contributed by atoms with E-state index in [1.54, 1.807) is 27.7 Å². The van der Waals surface area contributed by atoms with Gasteiger partial charge >= 0.3 is 106 Å². The quantitative estimate of drug-likeness (QED) is 0.0150. The van der Waals surface area contributed by atoms with Crippen LogP contribution in [0, 0.1) is 191 Å². The molecule has 28 heteroatoms. The largest absolute Gasteiger partial charge is 1.00 e. The van der Waals surface area contributed by atoms with Gasteiger partial charge in [-0.1, -0.05) is 58.1 Å². The fourth-order valence-corrected chi connectivity index (χ4v) is 6.36. The van der Waals surface area contributed by atoms with E-state index in [2.05, 4.69) is 250 Å². The molecule has 0 unspecified atom stereocenters. The first-order valence-corrected chi connectivity index (χ1v) is 31.9. The monoisotopic (exact) mass is 1790 g/mol. The van der Waals surface area contributed by atoms with Crippen molar-refractivity contribution in [2.45, 2.75) is 33.0 Å². The molecular formula is C77H54BBr5F4K2O16. The molecule has 0 aliphatic rings. The number of aryl methyl sites for hydroxylation is 2. The van der Waals surface area contributed by atoms with Crippen molar-refractivity contribution >= 4 is 120 Å². The number of aldehydes is 5. The van der Waals surface area contributed by atoms with E-state index in [0.717, 1.165) is 29.6 Å². The van der Waals surface area contributed by atoms with Crippen LogP contribution in [0.5, 0.6) is 46.0 Å². The summed E-state index contributed by atoms with van der Waals surface area (Å²) in [7, 11) is 5.73. The summed E-state index contributed by atoms with van der Waals surface area (Å²) in [5.74, 6) is 63.3. The SMILES string of the molecule is BrB(Br)Br.BrCc1ccccc1.CC#CC#CC#CC#CC#CC#CC#CC#CC#CC#CC#CC#CC#CC.COc1cc(C=O)c(Br)cc1O.COc1cc(C=O)c(F)cc1C.COc1cc(F)c(C=O)cc1OC.Cc1cc(F)c(C=O)cc1O.O=CO[O-].O=Cc1cc(O)c(O)cc1F.[H-].[HH].[K+].[K+]. The minimum absolute atomic E-state index is 0. The van der Waals surface area contributed by atoms with Crippen LogP contribution in [0.2, 0.25) is 0 Å². The van der Waals surface area contributed by atoms with Crippen molar-refractivity contribution in [3.05, 3.63) is 163 Å². The molecule has 0 saturated carbocycles. The van der Waals surface area contributed by atoms with Crippen molar-refractivity contribution in [3.8, 4) is 200 Å². The second-order valence-corrected chi connectivity index (χ2v) is 24.6. The number of aromatic hydroxyl groups is 4. The summed E-state index contributed by atoms with van der Waals surface area (Å²) < 4.78 is 71.4. The molecule has 6 rings (SSSR count). The van der Waals surface area contributed by atoms with Gasteiger partial charge in [-0.3, -0.25) is 28.8 Å². The number of halogens is 9. The molecule has 0 fully saturated rings. The Bertz CT molecular complexity index is 4550. The third kappa shape index (κ3) is 52.8. The van der Waals surface area contributed by atoms with Gasteiger partial charge in [0.2, 0.25) is 0 Å². The van der Waals surface area contributed by atoms with Gasteiger partial charge in [0.25, 0.3) is 6.47 Å². The summed E-state index contributed by atoms with van der Waals surface area (Å²) in [5, 5.41) is 45.1. The maximum Gasteiger partial charge on any atom is 1.00 e. The summed E-state index contributed by atoms with van der Waals surface area (Å²) in [4.78, 5) is 62.6. The molecule has 0 radical (unpaired) electrons. The van der Waals surface area contributed by atoms with Gasteiger partial charge in [-0.15, -0.1) is 47.3 Å². The van der Waals surface area contributed by atoms with Gasteiger partial charge in [0.15, 0.2) is 65.9 Å². The molecule has 0 spiro atoms. The summed E-state index contributed by atoms with van der Waals surface area (Å²) in [6.07, 6.45) is 2.21. The van der Waals surface area contributed by atoms with E-state index in [1.807, 2.05) is 18.2 Å². The maximum atomic E-state index is 13.0. The van der Waals surface area contributed by atoms with Gasteiger partial charge in [0, 0.05) is 76.3 Å². The Kier molecular flexibility index (Phi) is 69.5. The number of carbonyl (C=O) groups excluding carboxylic acids is 6. The molecule has 0 heterocycles. The van der Waals surface area contributed by atoms with Gasteiger partial charge in [-0.25, -0.2) is 17.6 Å². The molecule has 105 heavy (non-hydrogen) atoms. The molecule has 6 aromatic carbocycles. The Hall–Kier alpha value is -8.76. The van der Waals surface area contributed by atoms with E-state index in [9.17, 15) is 46.6 Å². The molecule has 0 aromatic heterocycles. The van der Waals surface area contributed by atoms with Crippen LogP contribution >= 0.6 is 79.1 Å². The number of alkyl halides is 1. The molecular weight excluding hydrogens is 1750 g/mol. The number of hydrogen-bond acceptors (Lipinski definition) is 16. The average molecular weight is 1800 g/mol. The second-order valence-electron chi connectivity index (χ2n) is 16.8. The molecule has 0 aliphatic heterocycles. The van der Waals surface area contributed by atoms with Gasteiger partial charge in [-0.05, 0) is 204 Å². The fraction of sp³-hybridized carbons (Fsp3) is 0.117. The molecule has 0 amide bonds.